The predicted octanol–water partition coefficient (Wildman–Crippen LogP) is 2.45. The predicted molar refractivity (Wildman–Crippen MR) is 106 cm³/mol. The molecule has 2 N–H and O–H groups in total. The summed E-state index contributed by atoms with van der Waals surface area (Å²) in [6.45, 7) is 0. The summed E-state index contributed by atoms with van der Waals surface area (Å²) in [5.41, 5.74) is 0.287. The summed E-state index contributed by atoms with van der Waals surface area (Å²) in [5, 5.41) is 20.2. The van der Waals surface area contributed by atoms with Crippen molar-refractivity contribution in [2.24, 2.45) is 0 Å². The van der Waals surface area contributed by atoms with E-state index in [2.05, 4.69) is 14.7 Å². The minimum Gasteiger partial charge on any atom is -0.478 e. The van der Waals surface area contributed by atoms with Gasteiger partial charge in [0.25, 0.3) is 11.1 Å². The van der Waals surface area contributed by atoms with Gasteiger partial charge in [0.05, 0.1) is 5.56 Å². The van der Waals surface area contributed by atoms with Crippen molar-refractivity contribution in [1.82, 2.24) is 9.36 Å². The van der Waals surface area contributed by atoms with Crippen LogP contribution >= 0.6 is 11.5 Å². The second-order valence-electron chi connectivity index (χ2n) is 5.87. The van der Waals surface area contributed by atoms with Crippen LogP contribution in [-0.4, -0.2) is 41.0 Å². The zero-order valence-corrected chi connectivity index (χ0v) is 16.8. The Kier molecular flexibility index (Phi) is 5.77. The standard InChI is InChI=1S/C18H12N4O6S2/c1-30(26,27)18-21-17(29-22-18)20-15(23)12(9-19)8-13-5-6-14(28-13)10-3-2-4-11(7-10)16(24)25/h2-8H,1H3,(H,24,25)(H,20,21,22,23)/b12-8-. The Labute approximate surface area is 174 Å². The number of carbonyl (C=O) groups is 2. The van der Waals surface area contributed by atoms with Crippen LogP contribution in [0.3, 0.4) is 0 Å². The highest BCUT2D eigenvalue weighted by molar-refractivity contribution is 7.90. The molecule has 0 atom stereocenters. The SMILES string of the molecule is CS(=O)(=O)c1nsc(NC(=O)/C(C#N)=C\c2ccc(-c3cccc(C(=O)O)c3)o2)n1. The molecule has 0 saturated carbocycles. The number of furan rings is 1. The molecule has 0 aliphatic heterocycles. The highest BCUT2D eigenvalue weighted by atomic mass is 32.2. The molecule has 0 bridgehead atoms. The van der Waals surface area contributed by atoms with Crippen LogP contribution in [0.15, 0.2) is 51.5 Å². The number of aromatic nitrogens is 2. The third-order valence-corrected chi connectivity index (χ3v) is 5.22. The Hall–Kier alpha value is -3.82. The van der Waals surface area contributed by atoms with Crippen LogP contribution in [-0.2, 0) is 14.6 Å². The van der Waals surface area contributed by atoms with Crippen molar-refractivity contribution in [3.63, 3.8) is 0 Å². The Morgan fingerprint density at radius 2 is 2.07 bits per heavy atom. The number of nitriles is 1. The second-order valence-corrected chi connectivity index (χ2v) is 8.53. The van der Waals surface area contributed by atoms with Gasteiger partial charge in [-0.3, -0.25) is 10.1 Å². The first-order chi connectivity index (χ1) is 14.2. The molecular formula is C18H12N4O6S2. The fourth-order valence-corrected chi connectivity index (χ4v) is 3.70. The van der Waals surface area contributed by atoms with Gasteiger partial charge < -0.3 is 9.52 Å². The Morgan fingerprint density at radius 3 is 2.70 bits per heavy atom. The van der Waals surface area contributed by atoms with E-state index in [9.17, 15) is 23.3 Å². The molecule has 0 saturated heterocycles. The molecule has 0 radical (unpaired) electrons. The van der Waals surface area contributed by atoms with E-state index in [-0.39, 0.29) is 22.0 Å². The first-order valence-corrected chi connectivity index (χ1v) is 10.7. The van der Waals surface area contributed by atoms with E-state index in [1.807, 2.05) is 0 Å². The minimum absolute atomic E-state index is 0.0767. The van der Waals surface area contributed by atoms with Crippen molar-refractivity contribution in [3.8, 4) is 17.4 Å². The van der Waals surface area contributed by atoms with Gasteiger partial charge in [-0.25, -0.2) is 13.2 Å². The van der Waals surface area contributed by atoms with E-state index in [4.69, 9.17) is 9.52 Å². The number of carbonyl (C=O) groups excluding carboxylic acids is 1. The van der Waals surface area contributed by atoms with Gasteiger partial charge in [0.15, 0.2) is 0 Å². The van der Waals surface area contributed by atoms with Gasteiger partial charge in [0.2, 0.25) is 15.0 Å². The van der Waals surface area contributed by atoms with Crippen LogP contribution in [0, 0.1) is 11.3 Å². The van der Waals surface area contributed by atoms with Crippen molar-refractivity contribution >= 4 is 44.5 Å². The molecule has 2 heterocycles. The molecule has 12 heteroatoms. The van der Waals surface area contributed by atoms with Crippen LogP contribution in [0.2, 0.25) is 0 Å². The van der Waals surface area contributed by atoms with Crippen LogP contribution in [0.5, 0.6) is 0 Å². The fourth-order valence-electron chi connectivity index (χ4n) is 2.26. The van der Waals surface area contributed by atoms with Crippen molar-refractivity contribution < 1.29 is 27.5 Å². The summed E-state index contributed by atoms with van der Waals surface area (Å²) in [7, 11) is -3.62. The molecule has 0 unspecified atom stereocenters. The summed E-state index contributed by atoms with van der Waals surface area (Å²) in [6.07, 6.45) is 2.13. The smallest absolute Gasteiger partial charge is 0.335 e. The Bertz CT molecular complexity index is 1310. The van der Waals surface area contributed by atoms with E-state index in [1.165, 1.54) is 24.3 Å². The summed E-state index contributed by atoms with van der Waals surface area (Å²) in [4.78, 5) is 27.1. The first kappa shape index (κ1) is 20.9. The molecule has 3 aromatic rings. The maximum Gasteiger partial charge on any atom is 0.335 e. The molecule has 0 aliphatic rings. The number of amides is 1. The summed E-state index contributed by atoms with van der Waals surface area (Å²) in [5.74, 6) is -1.36. The topological polar surface area (TPSA) is 163 Å². The van der Waals surface area contributed by atoms with E-state index in [1.54, 1.807) is 24.3 Å². The Morgan fingerprint density at radius 1 is 1.30 bits per heavy atom. The highest BCUT2D eigenvalue weighted by Crippen LogP contribution is 2.25. The normalized spacial score (nSPS) is 11.7. The molecule has 1 amide bonds. The van der Waals surface area contributed by atoms with Gasteiger partial charge in [-0.2, -0.15) is 14.6 Å². The number of aromatic carboxylic acids is 1. The number of carboxylic acids is 1. The molecule has 152 valence electrons. The quantitative estimate of drug-likeness (QED) is 0.429. The molecule has 0 fully saturated rings. The zero-order valence-electron chi connectivity index (χ0n) is 15.2. The first-order valence-electron chi connectivity index (χ1n) is 8.08. The molecule has 0 spiro atoms. The Balaban J connectivity index is 1.80. The molecule has 30 heavy (non-hydrogen) atoms. The van der Waals surface area contributed by atoms with Gasteiger partial charge in [-0.1, -0.05) is 12.1 Å². The van der Waals surface area contributed by atoms with Gasteiger partial charge in [-0.15, -0.1) is 0 Å². The lowest BCUT2D eigenvalue weighted by Crippen LogP contribution is -2.13. The number of nitrogens with zero attached hydrogens (tertiary/aromatic N) is 3. The monoisotopic (exact) mass is 444 g/mol. The van der Waals surface area contributed by atoms with Crippen molar-refractivity contribution in [3.05, 3.63) is 53.3 Å². The molecule has 2 aromatic heterocycles. The maximum atomic E-state index is 12.3. The molecule has 10 nitrogen and oxygen atoms in total. The van der Waals surface area contributed by atoms with E-state index >= 15 is 0 Å². The molecule has 0 aliphatic carbocycles. The maximum absolute atomic E-state index is 12.3. The second kappa shape index (κ2) is 8.27. The number of hydrogen-bond acceptors (Lipinski definition) is 9. The molecule has 1 aromatic carbocycles. The summed E-state index contributed by atoms with van der Waals surface area (Å²) >= 11 is 0.664. The number of hydrogen-bond donors (Lipinski definition) is 2. The number of carboxylic acid groups (broad SMARTS) is 1. The molecule has 3 rings (SSSR count). The third kappa shape index (κ3) is 4.77. The lowest BCUT2D eigenvalue weighted by molar-refractivity contribution is -0.112. The van der Waals surface area contributed by atoms with E-state index < -0.39 is 26.9 Å². The zero-order chi connectivity index (χ0) is 21.9. The molecular weight excluding hydrogens is 432 g/mol. The van der Waals surface area contributed by atoms with Crippen molar-refractivity contribution in [1.29, 1.82) is 5.26 Å². The average Bonchev–Trinajstić information content (AvgIpc) is 3.35. The van der Waals surface area contributed by atoms with E-state index in [0.29, 0.717) is 22.9 Å². The number of rotatable bonds is 6. The number of sulfone groups is 1. The number of benzene rings is 1. The van der Waals surface area contributed by atoms with Crippen LogP contribution < -0.4 is 5.32 Å². The average molecular weight is 444 g/mol. The summed E-state index contributed by atoms with van der Waals surface area (Å²) in [6, 6.07) is 10.9. The van der Waals surface area contributed by atoms with Gasteiger partial charge in [0.1, 0.15) is 23.2 Å². The van der Waals surface area contributed by atoms with Crippen LogP contribution in [0.4, 0.5) is 5.13 Å². The number of anilines is 1. The van der Waals surface area contributed by atoms with Gasteiger partial charge >= 0.3 is 5.97 Å². The van der Waals surface area contributed by atoms with E-state index in [0.717, 1.165) is 6.26 Å². The minimum atomic E-state index is -3.62. The van der Waals surface area contributed by atoms with Crippen LogP contribution in [0.25, 0.3) is 17.4 Å². The highest BCUT2D eigenvalue weighted by Gasteiger charge is 2.18. The van der Waals surface area contributed by atoms with Crippen molar-refractivity contribution in [2.45, 2.75) is 5.16 Å². The lowest BCUT2D eigenvalue weighted by Gasteiger charge is -2.00. The largest absolute Gasteiger partial charge is 0.478 e. The van der Waals surface area contributed by atoms with Gasteiger partial charge in [0, 0.05) is 29.4 Å². The third-order valence-electron chi connectivity index (χ3n) is 3.63. The summed E-state index contributed by atoms with van der Waals surface area (Å²) < 4.78 is 32.0. The van der Waals surface area contributed by atoms with Gasteiger partial charge in [-0.05, 0) is 24.3 Å². The number of nitrogens with one attached hydrogen (secondary N) is 1. The van der Waals surface area contributed by atoms with Crippen LogP contribution in [0.1, 0.15) is 16.1 Å². The van der Waals surface area contributed by atoms with Crippen molar-refractivity contribution in [2.75, 3.05) is 11.6 Å². The lowest BCUT2D eigenvalue weighted by atomic mass is 10.1. The fraction of sp³-hybridized carbons (Fsp3) is 0.0556.